The number of halogens is 2. The van der Waals surface area contributed by atoms with Crippen LogP contribution in [0.25, 0.3) is 0 Å². The highest BCUT2D eigenvalue weighted by molar-refractivity contribution is 5.74. The number of benzene rings is 1. The molecule has 4 nitrogen and oxygen atoms in total. The van der Waals surface area contributed by atoms with Crippen LogP contribution in [-0.4, -0.2) is 22.2 Å². The minimum absolute atomic E-state index is 0.0335. The Hall–Kier alpha value is -1.98. The minimum atomic E-state index is -1.24. The van der Waals surface area contributed by atoms with Crippen LogP contribution in [0.2, 0.25) is 0 Å². The molecule has 0 atom stereocenters. The van der Waals surface area contributed by atoms with E-state index in [2.05, 4.69) is 0 Å². The van der Waals surface area contributed by atoms with Crippen LogP contribution < -0.4 is 0 Å². The van der Waals surface area contributed by atoms with E-state index in [0.717, 1.165) is 0 Å². The summed E-state index contributed by atoms with van der Waals surface area (Å²) in [5.41, 5.74) is -0.0670. The number of aliphatic carboxylic acids is 2. The Morgan fingerprint density at radius 3 is 1.50 bits per heavy atom. The molecule has 0 saturated heterocycles. The largest absolute Gasteiger partial charge is 0.481 e. The smallest absolute Gasteiger partial charge is 0.307 e. The normalized spacial score (nSPS) is 10.1. The van der Waals surface area contributed by atoms with Crippen molar-refractivity contribution < 1.29 is 28.6 Å². The van der Waals surface area contributed by atoms with Crippen molar-refractivity contribution in [2.24, 2.45) is 0 Å². The van der Waals surface area contributed by atoms with Gasteiger partial charge in [-0.05, 0) is 23.3 Å². The summed E-state index contributed by atoms with van der Waals surface area (Å²) in [7, 11) is 0. The van der Waals surface area contributed by atoms with E-state index in [1.807, 2.05) is 0 Å². The first-order valence-electron chi connectivity index (χ1n) is 4.30. The first kappa shape index (κ1) is 12.1. The predicted molar refractivity (Wildman–Crippen MR) is 49.0 cm³/mol. The fraction of sp³-hybridized carbons (Fsp3) is 0.200. The molecule has 0 amide bonds. The molecule has 0 spiro atoms. The first-order chi connectivity index (χ1) is 7.40. The molecule has 0 bridgehead atoms. The molecule has 0 heterocycles. The van der Waals surface area contributed by atoms with Crippen molar-refractivity contribution in [3.05, 3.63) is 34.9 Å². The first-order valence-corrected chi connectivity index (χ1v) is 4.30. The molecule has 0 saturated carbocycles. The van der Waals surface area contributed by atoms with E-state index >= 15 is 0 Å². The van der Waals surface area contributed by atoms with Crippen molar-refractivity contribution in [3.63, 3.8) is 0 Å². The zero-order valence-electron chi connectivity index (χ0n) is 8.04. The van der Waals surface area contributed by atoms with E-state index in [1.54, 1.807) is 0 Å². The fourth-order valence-electron chi connectivity index (χ4n) is 1.28. The predicted octanol–water partition coefficient (Wildman–Crippen LogP) is 1.22. The molecule has 16 heavy (non-hydrogen) atoms. The highest BCUT2D eigenvalue weighted by atomic mass is 19.2. The van der Waals surface area contributed by atoms with Crippen molar-refractivity contribution in [1.82, 2.24) is 0 Å². The third-order valence-electron chi connectivity index (χ3n) is 1.93. The fourth-order valence-corrected chi connectivity index (χ4v) is 1.28. The molecular formula is C10H8F2O4. The highest BCUT2D eigenvalue weighted by Gasteiger charge is 2.14. The lowest BCUT2D eigenvalue weighted by atomic mass is 10.0. The molecular weight excluding hydrogens is 222 g/mol. The lowest BCUT2D eigenvalue weighted by molar-refractivity contribution is -0.137. The van der Waals surface area contributed by atoms with E-state index in [0.29, 0.717) is 12.1 Å². The third kappa shape index (κ3) is 3.01. The maximum absolute atomic E-state index is 12.8. The molecule has 1 rings (SSSR count). The standard InChI is InChI=1S/C10H8F2O4/c11-7-1-5(3-9(13)14)6(2-8(7)12)4-10(15)16/h1-2H,3-4H2,(H,13,14)(H,15,16). The number of rotatable bonds is 4. The second kappa shape index (κ2) is 4.69. The van der Waals surface area contributed by atoms with Gasteiger partial charge in [-0.3, -0.25) is 9.59 Å². The number of hydrogen-bond acceptors (Lipinski definition) is 2. The third-order valence-corrected chi connectivity index (χ3v) is 1.93. The topological polar surface area (TPSA) is 74.6 Å². The maximum Gasteiger partial charge on any atom is 0.307 e. The van der Waals surface area contributed by atoms with Crippen molar-refractivity contribution in [3.8, 4) is 0 Å². The zero-order valence-corrected chi connectivity index (χ0v) is 8.04. The number of hydrogen-bond donors (Lipinski definition) is 2. The van der Waals surface area contributed by atoms with Gasteiger partial charge < -0.3 is 10.2 Å². The van der Waals surface area contributed by atoms with Gasteiger partial charge in [-0.15, -0.1) is 0 Å². The van der Waals surface area contributed by atoms with Crippen LogP contribution >= 0.6 is 0 Å². The van der Waals surface area contributed by atoms with E-state index < -0.39 is 36.4 Å². The number of carbonyl (C=O) groups is 2. The number of carboxylic acids is 2. The van der Waals surface area contributed by atoms with Gasteiger partial charge in [-0.1, -0.05) is 0 Å². The highest BCUT2D eigenvalue weighted by Crippen LogP contribution is 2.16. The van der Waals surface area contributed by atoms with E-state index in [4.69, 9.17) is 10.2 Å². The van der Waals surface area contributed by atoms with Crippen LogP contribution in [-0.2, 0) is 22.4 Å². The summed E-state index contributed by atoms with van der Waals surface area (Å²) >= 11 is 0. The molecule has 0 fully saturated rings. The maximum atomic E-state index is 12.8. The number of carboxylic acid groups (broad SMARTS) is 2. The Kier molecular flexibility index (Phi) is 3.55. The molecule has 1 aromatic rings. The van der Waals surface area contributed by atoms with Gasteiger partial charge in [0, 0.05) is 0 Å². The van der Waals surface area contributed by atoms with Gasteiger partial charge in [0.05, 0.1) is 12.8 Å². The van der Waals surface area contributed by atoms with Gasteiger partial charge in [0.2, 0.25) is 0 Å². The average molecular weight is 230 g/mol. The van der Waals surface area contributed by atoms with Crippen molar-refractivity contribution in [1.29, 1.82) is 0 Å². The molecule has 2 N–H and O–H groups in total. The second-order valence-electron chi connectivity index (χ2n) is 3.18. The van der Waals surface area contributed by atoms with Gasteiger partial charge in [0.25, 0.3) is 0 Å². The van der Waals surface area contributed by atoms with Crippen LogP contribution in [0.5, 0.6) is 0 Å². The van der Waals surface area contributed by atoms with E-state index in [9.17, 15) is 18.4 Å². The second-order valence-corrected chi connectivity index (χ2v) is 3.18. The summed E-state index contributed by atoms with van der Waals surface area (Å²) in [6, 6.07) is 1.42. The molecule has 0 aliphatic carbocycles. The summed E-state index contributed by atoms with van der Waals surface area (Å²) in [4.78, 5) is 20.9. The van der Waals surface area contributed by atoms with Crippen LogP contribution in [0.1, 0.15) is 11.1 Å². The Morgan fingerprint density at radius 1 is 0.938 bits per heavy atom. The summed E-state index contributed by atoms with van der Waals surface area (Å²) in [5, 5.41) is 17.0. The Balaban J connectivity index is 3.15. The molecule has 0 aliphatic rings. The molecule has 0 unspecified atom stereocenters. The van der Waals surface area contributed by atoms with Crippen LogP contribution in [0.3, 0.4) is 0 Å². The zero-order chi connectivity index (χ0) is 12.3. The minimum Gasteiger partial charge on any atom is -0.481 e. The average Bonchev–Trinajstić information content (AvgIpc) is 2.11. The van der Waals surface area contributed by atoms with Gasteiger partial charge in [0.1, 0.15) is 0 Å². The molecule has 1 aromatic carbocycles. The molecule has 86 valence electrons. The summed E-state index contributed by atoms with van der Waals surface area (Å²) in [6.45, 7) is 0. The van der Waals surface area contributed by atoms with Gasteiger partial charge in [-0.25, -0.2) is 8.78 Å². The molecule has 0 aliphatic heterocycles. The summed E-state index contributed by atoms with van der Waals surface area (Å²) in [5.74, 6) is -4.86. The van der Waals surface area contributed by atoms with Crippen molar-refractivity contribution >= 4 is 11.9 Å². The van der Waals surface area contributed by atoms with Gasteiger partial charge in [-0.2, -0.15) is 0 Å². The van der Waals surface area contributed by atoms with Crippen molar-refractivity contribution in [2.75, 3.05) is 0 Å². The van der Waals surface area contributed by atoms with Gasteiger partial charge >= 0.3 is 11.9 Å². The Labute approximate surface area is 89.1 Å². The summed E-state index contributed by atoms with van der Waals surface area (Å²) < 4.78 is 25.7. The lowest BCUT2D eigenvalue weighted by Crippen LogP contribution is -2.09. The van der Waals surface area contributed by atoms with Crippen LogP contribution in [0.15, 0.2) is 12.1 Å². The molecule has 6 heteroatoms. The van der Waals surface area contributed by atoms with E-state index in [1.165, 1.54) is 0 Å². The monoisotopic (exact) mass is 230 g/mol. The Morgan fingerprint density at radius 2 is 1.25 bits per heavy atom. The van der Waals surface area contributed by atoms with Crippen LogP contribution in [0.4, 0.5) is 8.78 Å². The van der Waals surface area contributed by atoms with Crippen LogP contribution in [0, 0.1) is 11.6 Å². The summed E-state index contributed by atoms with van der Waals surface area (Å²) in [6.07, 6.45) is -1.08. The SMILES string of the molecule is O=C(O)Cc1cc(F)c(F)cc1CC(=O)O. The van der Waals surface area contributed by atoms with Crippen molar-refractivity contribution in [2.45, 2.75) is 12.8 Å². The molecule has 0 aromatic heterocycles. The van der Waals surface area contributed by atoms with Gasteiger partial charge in [0.15, 0.2) is 11.6 Å². The lowest BCUT2D eigenvalue weighted by Gasteiger charge is -2.06. The van der Waals surface area contributed by atoms with E-state index in [-0.39, 0.29) is 11.1 Å². The quantitative estimate of drug-likeness (QED) is 0.815. The Bertz CT molecular complexity index is 402. The molecule has 0 radical (unpaired) electrons.